The summed E-state index contributed by atoms with van der Waals surface area (Å²) < 4.78 is 13.5. The molecule has 5 nitrogen and oxygen atoms in total. The largest absolute Gasteiger partial charge is 0.325 e. The summed E-state index contributed by atoms with van der Waals surface area (Å²) in [6.45, 7) is 2.50. The number of aromatic nitrogens is 3. The Morgan fingerprint density at radius 3 is 2.90 bits per heavy atom. The summed E-state index contributed by atoms with van der Waals surface area (Å²) in [6.07, 6.45) is 3.79. The number of rotatable bonds is 3. The minimum atomic E-state index is -1.18. The predicted molar refractivity (Wildman–Crippen MR) is 74.7 cm³/mol. The molecule has 0 N–H and O–H groups in total. The number of nitrogens with zero attached hydrogens (tertiary/aromatic N) is 3. The van der Waals surface area contributed by atoms with Crippen molar-refractivity contribution in [2.45, 2.75) is 25.4 Å². The summed E-state index contributed by atoms with van der Waals surface area (Å²) in [4.78, 5) is 3.96. The van der Waals surface area contributed by atoms with Crippen molar-refractivity contribution in [3.05, 3.63) is 46.5 Å². The van der Waals surface area contributed by atoms with Gasteiger partial charge in [0.25, 0.3) is 0 Å². The lowest BCUT2D eigenvalue weighted by Crippen LogP contribution is -2.37. The van der Waals surface area contributed by atoms with Gasteiger partial charge < -0.3 is 9.47 Å². The molecular weight excluding hydrogens is 301 g/mol. The third-order valence-corrected chi connectivity index (χ3v) is 3.79. The third-order valence-electron chi connectivity index (χ3n) is 3.24. The van der Waals surface area contributed by atoms with Crippen molar-refractivity contribution < 1.29 is 9.47 Å². The van der Waals surface area contributed by atoms with E-state index in [1.54, 1.807) is 24.5 Å². The highest BCUT2D eigenvalue weighted by atomic mass is 35.5. The lowest BCUT2D eigenvalue weighted by Gasteiger charge is -2.28. The van der Waals surface area contributed by atoms with Crippen LogP contribution in [0.25, 0.3) is 0 Å². The van der Waals surface area contributed by atoms with Gasteiger partial charge >= 0.3 is 5.91 Å². The Morgan fingerprint density at radius 2 is 2.30 bits per heavy atom. The lowest BCUT2D eigenvalue weighted by atomic mass is 10.1. The van der Waals surface area contributed by atoms with Crippen LogP contribution in [0.5, 0.6) is 0 Å². The summed E-state index contributed by atoms with van der Waals surface area (Å²) in [7, 11) is 0. The van der Waals surface area contributed by atoms with Crippen LogP contribution in [0.4, 0.5) is 0 Å². The van der Waals surface area contributed by atoms with E-state index in [2.05, 4.69) is 10.1 Å². The maximum atomic E-state index is 6.30. The third kappa shape index (κ3) is 2.20. The molecule has 1 aromatic carbocycles. The van der Waals surface area contributed by atoms with Crippen molar-refractivity contribution in [3.63, 3.8) is 0 Å². The van der Waals surface area contributed by atoms with Crippen LogP contribution < -0.4 is 0 Å². The van der Waals surface area contributed by atoms with Crippen LogP contribution in [0.3, 0.4) is 0 Å². The Kier molecular flexibility index (Phi) is 3.69. The molecule has 0 aliphatic carbocycles. The SMILES string of the molecule is CC[C@@H]1CO[C@](c2ccc(Cl)cc2Cl)(n2cncn2)O1. The molecule has 2 aromatic rings. The maximum absolute atomic E-state index is 6.30. The highest BCUT2D eigenvalue weighted by Crippen LogP contribution is 2.40. The standard InChI is InChI=1S/C13H13Cl2N3O2/c1-2-10-6-19-13(20-10,18-8-16-7-17-18)11-4-3-9(14)5-12(11)15/h3-5,7-8,10H,2,6H2,1H3/t10-,13+/m1/s1. The zero-order valence-electron chi connectivity index (χ0n) is 10.8. The van der Waals surface area contributed by atoms with Crippen LogP contribution in [-0.2, 0) is 15.4 Å². The zero-order chi connectivity index (χ0) is 14.2. The Labute approximate surface area is 126 Å². The lowest BCUT2D eigenvalue weighted by molar-refractivity contribution is -0.206. The van der Waals surface area contributed by atoms with Crippen LogP contribution in [0.15, 0.2) is 30.9 Å². The maximum Gasteiger partial charge on any atom is 0.302 e. The first-order valence-electron chi connectivity index (χ1n) is 6.28. The van der Waals surface area contributed by atoms with Gasteiger partial charge in [0.2, 0.25) is 0 Å². The topological polar surface area (TPSA) is 49.2 Å². The van der Waals surface area contributed by atoms with Crippen LogP contribution in [0, 0.1) is 0 Å². The first kappa shape index (κ1) is 13.8. The van der Waals surface area contributed by atoms with Crippen LogP contribution >= 0.6 is 23.2 Å². The van der Waals surface area contributed by atoms with E-state index in [4.69, 9.17) is 32.7 Å². The molecule has 0 unspecified atom stereocenters. The Bertz CT molecular complexity index is 606. The van der Waals surface area contributed by atoms with Gasteiger partial charge in [-0.25, -0.2) is 4.98 Å². The van der Waals surface area contributed by atoms with Crippen molar-refractivity contribution in [1.29, 1.82) is 0 Å². The zero-order valence-corrected chi connectivity index (χ0v) is 12.3. The van der Waals surface area contributed by atoms with E-state index in [9.17, 15) is 0 Å². The van der Waals surface area contributed by atoms with Gasteiger partial charge in [-0.05, 0) is 24.6 Å². The van der Waals surface area contributed by atoms with Gasteiger partial charge in [0.15, 0.2) is 0 Å². The molecule has 0 radical (unpaired) electrons. The molecule has 2 heterocycles. The van der Waals surface area contributed by atoms with Gasteiger partial charge in [0, 0.05) is 5.02 Å². The van der Waals surface area contributed by atoms with Crippen LogP contribution in [0.2, 0.25) is 10.0 Å². The Morgan fingerprint density at radius 1 is 1.45 bits per heavy atom. The second-order valence-corrected chi connectivity index (χ2v) is 5.35. The fourth-order valence-corrected chi connectivity index (χ4v) is 2.72. The molecule has 7 heteroatoms. The van der Waals surface area contributed by atoms with E-state index in [1.807, 2.05) is 6.92 Å². The van der Waals surface area contributed by atoms with E-state index in [0.29, 0.717) is 22.2 Å². The van der Waals surface area contributed by atoms with Gasteiger partial charge in [-0.2, -0.15) is 9.78 Å². The summed E-state index contributed by atoms with van der Waals surface area (Å²) >= 11 is 12.2. The van der Waals surface area contributed by atoms with Crippen molar-refractivity contribution >= 4 is 23.2 Å². The average molecular weight is 314 g/mol. The number of halogens is 2. The molecule has 1 aliphatic rings. The number of ether oxygens (including phenoxy) is 2. The van der Waals surface area contributed by atoms with E-state index in [1.165, 1.54) is 11.0 Å². The second kappa shape index (κ2) is 5.33. The molecule has 0 saturated carbocycles. The predicted octanol–water partition coefficient (Wildman–Crippen LogP) is 3.07. The average Bonchev–Trinajstić information content (AvgIpc) is 3.08. The minimum absolute atomic E-state index is 0.0223. The second-order valence-electron chi connectivity index (χ2n) is 4.51. The van der Waals surface area contributed by atoms with E-state index in [-0.39, 0.29) is 6.10 Å². The molecule has 1 aliphatic heterocycles. The molecule has 0 bridgehead atoms. The molecule has 106 valence electrons. The van der Waals surface area contributed by atoms with Crippen molar-refractivity contribution in [2.75, 3.05) is 6.61 Å². The quantitative estimate of drug-likeness (QED) is 0.873. The smallest absolute Gasteiger partial charge is 0.302 e. The molecule has 20 heavy (non-hydrogen) atoms. The summed E-state index contributed by atoms with van der Waals surface area (Å²) in [6, 6.07) is 5.18. The van der Waals surface area contributed by atoms with Gasteiger partial charge in [0.05, 0.1) is 23.3 Å². The normalized spacial score (nSPS) is 26.1. The molecule has 0 amide bonds. The highest BCUT2D eigenvalue weighted by molar-refractivity contribution is 6.35. The van der Waals surface area contributed by atoms with Crippen molar-refractivity contribution in [2.24, 2.45) is 0 Å². The molecule has 1 fully saturated rings. The molecule has 3 rings (SSSR count). The van der Waals surface area contributed by atoms with E-state index < -0.39 is 5.91 Å². The minimum Gasteiger partial charge on any atom is -0.325 e. The van der Waals surface area contributed by atoms with Crippen molar-refractivity contribution in [3.8, 4) is 0 Å². The first-order valence-corrected chi connectivity index (χ1v) is 7.03. The van der Waals surface area contributed by atoms with Gasteiger partial charge in [-0.1, -0.05) is 30.1 Å². The molecule has 2 atom stereocenters. The Balaban J connectivity index is 2.11. The van der Waals surface area contributed by atoms with E-state index in [0.717, 1.165) is 6.42 Å². The monoisotopic (exact) mass is 313 g/mol. The summed E-state index contributed by atoms with van der Waals surface area (Å²) in [5, 5.41) is 5.16. The van der Waals surface area contributed by atoms with Gasteiger partial charge in [-0.3, -0.25) is 0 Å². The highest BCUT2D eigenvalue weighted by Gasteiger charge is 2.47. The number of benzene rings is 1. The number of hydrogen-bond acceptors (Lipinski definition) is 4. The molecule has 1 aromatic heterocycles. The van der Waals surface area contributed by atoms with Gasteiger partial charge in [-0.15, -0.1) is 0 Å². The molecular formula is C13H13Cl2N3O2. The summed E-state index contributed by atoms with van der Waals surface area (Å²) in [5.74, 6) is -1.18. The fourth-order valence-electron chi connectivity index (χ4n) is 2.19. The van der Waals surface area contributed by atoms with Gasteiger partial charge in [0.1, 0.15) is 12.7 Å². The first-order chi connectivity index (χ1) is 9.65. The molecule has 1 saturated heterocycles. The van der Waals surface area contributed by atoms with E-state index >= 15 is 0 Å². The molecule has 0 spiro atoms. The van der Waals surface area contributed by atoms with Crippen LogP contribution in [0.1, 0.15) is 18.9 Å². The Hall–Kier alpha value is -1.14. The number of hydrogen-bond donors (Lipinski definition) is 0. The fraction of sp³-hybridized carbons (Fsp3) is 0.385. The van der Waals surface area contributed by atoms with Crippen LogP contribution in [-0.4, -0.2) is 27.5 Å². The van der Waals surface area contributed by atoms with Crippen molar-refractivity contribution in [1.82, 2.24) is 14.8 Å². The summed E-state index contributed by atoms with van der Waals surface area (Å²) in [5.41, 5.74) is 0.657.